The first-order valence-electron chi connectivity index (χ1n) is 13.1. The van der Waals surface area contributed by atoms with Crippen molar-refractivity contribution >= 4 is 61.5 Å². The molecule has 7 heteroatoms. The molecule has 0 bridgehead atoms. The maximum absolute atomic E-state index is 13.5. The van der Waals surface area contributed by atoms with Crippen LogP contribution in [0.4, 0.5) is 0 Å². The van der Waals surface area contributed by atoms with Crippen LogP contribution in [0.2, 0.25) is 0 Å². The van der Waals surface area contributed by atoms with Gasteiger partial charge in [0.25, 0.3) is 5.56 Å². The van der Waals surface area contributed by atoms with E-state index in [2.05, 4.69) is 58.0 Å². The SMILES string of the molecule is O=c1c2ccccc2nc(-c2cc3ccccc3o2)n1N=Cc1ccc(OCc2cccc3ccccc23)c(I)c1. The summed E-state index contributed by atoms with van der Waals surface area (Å²) in [6.07, 6.45) is 1.65. The van der Waals surface area contributed by atoms with Crippen LogP contribution in [0.15, 0.2) is 130 Å². The number of hydrogen-bond acceptors (Lipinski definition) is 5. The number of rotatable bonds is 6. The van der Waals surface area contributed by atoms with Gasteiger partial charge < -0.3 is 9.15 Å². The Labute approximate surface area is 248 Å². The van der Waals surface area contributed by atoms with Crippen molar-refractivity contribution in [1.29, 1.82) is 0 Å². The Kier molecular flexibility index (Phi) is 6.56. The van der Waals surface area contributed by atoms with Gasteiger partial charge in [-0.2, -0.15) is 9.78 Å². The minimum atomic E-state index is -0.271. The van der Waals surface area contributed by atoms with Crippen LogP contribution >= 0.6 is 22.6 Å². The van der Waals surface area contributed by atoms with E-state index in [0.717, 1.165) is 25.8 Å². The minimum absolute atomic E-state index is 0.271. The second-order valence-corrected chi connectivity index (χ2v) is 10.7. The highest BCUT2D eigenvalue weighted by molar-refractivity contribution is 14.1. The smallest absolute Gasteiger partial charge is 0.282 e. The number of nitrogens with zero attached hydrogens (tertiary/aromatic N) is 3. The fraction of sp³-hybridized carbons (Fsp3) is 0.0294. The third kappa shape index (κ3) is 4.89. The van der Waals surface area contributed by atoms with Gasteiger partial charge in [-0.25, -0.2) is 4.98 Å². The molecule has 0 saturated carbocycles. The van der Waals surface area contributed by atoms with Crippen molar-refractivity contribution in [1.82, 2.24) is 9.66 Å². The van der Waals surface area contributed by atoms with Crippen LogP contribution in [0.3, 0.4) is 0 Å². The lowest BCUT2D eigenvalue weighted by molar-refractivity contribution is 0.305. The van der Waals surface area contributed by atoms with Gasteiger partial charge in [0.2, 0.25) is 5.82 Å². The minimum Gasteiger partial charge on any atom is -0.488 e. The molecular weight excluding hydrogens is 625 g/mol. The molecule has 0 saturated heterocycles. The standard InChI is InChI=1S/C34H22IN3O3/c35-28-18-22(16-17-31(28)40-21-25-11-7-10-23-8-1-3-12-26(23)25)20-36-38-33(32-19-24-9-2-6-15-30(24)41-32)37-29-14-5-4-13-27(29)34(38)39/h1-20H,21H2. The van der Waals surface area contributed by atoms with Crippen LogP contribution in [0.1, 0.15) is 11.1 Å². The first-order valence-corrected chi connectivity index (χ1v) is 14.2. The Morgan fingerprint density at radius 2 is 1.59 bits per heavy atom. The molecule has 198 valence electrons. The summed E-state index contributed by atoms with van der Waals surface area (Å²) < 4.78 is 14.5. The summed E-state index contributed by atoms with van der Waals surface area (Å²) in [5.41, 5.74) is 2.98. The van der Waals surface area contributed by atoms with Crippen molar-refractivity contribution in [2.24, 2.45) is 5.10 Å². The molecule has 0 fully saturated rings. The van der Waals surface area contributed by atoms with Crippen LogP contribution in [0.5, 0.6) is 5.75 Å². The van der Waals surface area contributed by atoms with Gasteiger partial charge in [-0.1, -0.05) is 72.8 Å². The highest BCUT2D eigenvalue weighted by atomic mass is 127. The summed E-state index contributed by atoms with van der Waals surface area (Å²) in [4.78, 5) is 18.3. The summed E-state index contributed by atoms with van der Waals surface area (Å²) in [7, 11) is 0. The molecule has 0 aliphatic rings. The summed E-state index contributed by atoms with van der Waals surface area (Å²) in [5.74, 6) is 1.59. The Morgan fingerprint density at radius 1 is 0.829 bits per heavy atom. The molecule has 7 rings (SSSR count). The number of furan rings is 1. The molecule has 0 unspecified atom stereocenters. The van der Waals surface area contributed by atoms with Crippen molar-refractivity contribution in [3.63, 3.8) is 0 Å². The van der Waals surface area contributed by atoms with Gasteiger partial charge in [-0.3, -0.25) is 4.79 Å². The van der Waals surface area contributed by atoms with Gasteiger partial charge in [0.1, 0.15) is 17.9 Å². The third-order valence-electron chi connectivity index (χ3n) is 6.94. The lowest BCUT2D eigenvalue weighted by Crippen LogP contribution is -2.20. The van der Waals surface area contributed by atoms with E-state index in [1.807, 2.05) is 78.9 Å². The second kappa shape index (κ2) is 10.7. The zero-order chi connectivity index (χ0) is 27.8. The molecule has 0 aliphatic carbocycles. The van der Waals surface area contributed by atoms with Crippen molar-refractivity contribution in [3.05, 3.63) is 140 Å². The summed E-state index contributed by atoms with van der Waals surface area (Å²) in [5, 5.41) is 8.37. The van der Waals surface area contributed by atoms with E-state index in [1.54, 1.807) is 12.3 Å². The molecular formula is C34H22IN3O3. The molecule has 0 radical (unpaired) electrons. The van der Waals surface area contributed by atoms with Crippen LogP contribution in [-0.4, -0.2) is 15.9 Å². The van der Waals surface area contributed by atoms with Gasteiger partial charge in [0.05, 0.1) is 20.7 Å². The predicted molar refractivity (Wildman–Crippen MR) is 172 cm³/mol. The topological polar surface area (TPSA) is 69.6 Å². The van der Waals surface area contributed by atoms with E-state index in [1.165, 1.54) is 15.4 Å². The number of ether oxygens (including phenoxy) is 1. The van der Waals surface area contributed by atoms with E-state index in [0.29, 0.717) is 34.7 Å². The van der Waals surface area contributed by atoms with Crippen molar-refractivity contribution in [3.8, 4) is 17.3 Å². The predicted octanol–water partition coefficient (Wildman–Crippen LogP) is 8.03. The highest BCUT2D eigenvalue weighted by Gasteiger charge is 2.16. The maximum atomic E-state index is 13.5. The van der Waals surface area contributed by atoms with Crippen molar-refractivity contribution < 1.29 is 9.15 Å². The molecule has 2 aromatic heterocycles. The fourth-order valence-electron chi connectivity index (χ4n) is 4.90. The number of fused-ring (bicyclic) bond motifs is 3. The Morgan fingerprint density at radius 3 is 2.44 bits per heavy atom. The fourth-order valence-corrected chi connectivity index (χ4v) is 5.59. The average Bonchev–Trinajstić information content (AvgIpc) is 3.44. The Balaban J connectivity index is 1.21. The number of aromatic nitrogens is 2. The molecule has 7 aromatic rings. The van der Waals surface area contributed by atoms with Crippen LogP contribution < -0.4 is 10.3 Å². The van der Waals surface area contributed by atoms with E-state index >= 15 is 0 Å². The Hall–Kier alpha value is -4.76. The zero-order valence-electron chi connectivity index (χ0n) is 21.7. The quantitative estimate of drug-likeness (QED) is 0.135. The van der Waals surface area contributed by atoms with Crippen molar-refractivity contribution in [2.75, 3.05) is 0 Å². The summed E-state index contributed by atoms with van der Waals surface area (Å²) in [6, 6.07) is 37.2. The largest absolute Gasteiger partial charge is 0.488 e. The molecule has 2 heterocycles. The van der Waals surface area contributed by atoms with E-state index in [-0.39, 0.29) is 5.56 Å². The van der Waals surface area contributed by atoms with E-state index in [9.17, 15) is 4.79 Å². The number of para-hydroxylation sites is 2. The Bertz CT molecular complexity index is 2130. The molecule has 41 heavy (non-hydrogen) atoms. The monoisotopic (exact) mass is 647 g/mol. The zero-order valence-corrected chi connectivity index (χ0v) is 23.9. The maximum Gasteiger partial charge on any atom is 0.282 e. The second-order valence-electron chi connectivity index (χ2n) is 9.58. The van der Waals surface area contributed by atoms with E-state index in [4.69, 9.17) is 14.1 Å². The van der Waals surface area contributed by atoms with Crippen LogP contribution in [-0.2, 0) is 6.61 Å². The van der Waals surface area contributed by atoms with E-state index < -0.39 is 0 Å². The van der Waals surface area contributed by atoms with Gasteiger partial charge in [-0.05, 0) is 87.0 Å². The number of halogens is 1. The summed E-state index contributed by atoms with van der Waals surface area (Å²) in [6.45, 7) is 0.462. The molecule has 0 N–H and O–H groups in total. The first kappa shape index (κ1) is 25.2. The van der Waals surface area contributed by atoms with Crippen LogP contribution in [0, 0.1) is 3.57 Å². The van der Waals surface area contributed by atoms with Gasteiger partial charge >= 0.3 is 0 Å². The lowest BCUT2D eigenvalue weighted by Gasteiger charge is -2.11. The number of hydrogen-bond donors (Lipinski definition) is 0. The number of benzene rings is 5. The lowest BCUT2D eigenvalue weighted by atomic mass is 10.1. The molecule has 0 atom stereocenters. The molecule has 0 spiro atoms. The van der Waals surface area contributed by atoms with Gasteiger partial charge in [0.15, 0.2) is 5.76 Å². The molecule has 5 aromatic carbocycles. The highest BCUT2D eigenvalue weighted by Crippen LogP contribution is 2.28. The first-order chi connectivity index (χ1) is 20.1. The van der Waals surface area contributed by atoms with Gasteiger partial charge in [0, 0.05) is 5.39 Å². The molecule has 6 nitrogen and oxygen atoms in total. The third-order valence-corrected chi connectivity index (χ3v) is 7.78. The normalized spacial score (nSPS) is 11.6. The molecule has 0 amide bonds. The van der Waals surface area contributed by atoms with Crippen LogP contribution in [0.25, 0.3) is 44.2 Å². The van der Waals surface area contributed by atoms with Crippen molar-refractivity contribution in [2.45, 2.75) is 6.61 Å². The molecule has 0 aliphatic heterocycles. The van der Waals surface area contributed by atoms with Gasteiger partial charge in [-0.15, -0.1) is 0 Å². The average molecular weight is 647 g/mol. The summed E-state index contributed by atoms with van der Waals surface area (Å²) >= 11 is 2.26.